The van der Waals surface area contributed by atoms with E-state index >= 15 is 0 Å². The molecule has 0 fully saturated rings. The third-order valence-corrected chi connectivity index (χ3v) is 10.3. The molecule has 0 aliphatic carbocycles. The van der Waals surface area contributed by atoms with Crippen molar-refractivity contribution in [3.8, 4) is 0 Å². The Balaban J connectivity index is 0. The third kappa shape index (κ3) is 29.2. The summed E-state index contributed by atoms with van der Waals surface area (Å²) < 4.78 is 31.7. The van der Waals surface area contributed by atoms with Gasteiger partial charge in [0.15, 0.2) is 0 Å². The van der Waals surface area contributed by atoms with Crippen LogP contribution in [0.1, 0.15) is 51.4 Å². The molecule has 408 valence electrons. The number of hydrogen-bond donors (Lipinski definition) is 19. The van der Waals surface area contributed by atoms with E-state index < -0.39 is 188 Å². The fourth-order valence-corrected chi connectivity index (χ4v) is 5.98. The van der Waals surface area contributed by atoms with Gasteiger partial charge < -0.3 is 78.9 Å². The van der Waals surface area contributed by atoms with Gasteiger partial charge in [0.05, 0.1) is 0 Å². The molecule has 29 nitrogen and oxygen atoms in total. The van der Waals surface area contributed by atoms with Crippen molar-refractivity contribution < 1.29 is 111 Å². The summed E-state index contributed by atoms with van der Waals surface area (Å²) >= 11 is 15.8. The number of rotatable bonds is 33. The van der Waals surface area contributed by atoms with Crippen molar-refractivity contribution in [2.75, 3.05) is 29.6 Å². The van der Waals surface area contributed by atoms with Crippen molar-refractivity contribution in [1.82, 2.24) is 42.5 Å². The van der Waals surface area contributed by atoms with Gasteiger partial charge in [0, 0.05) is 48.7 Å². The van der Waals surface area contributed by atoms with E-state index in [4.69, 9.17) is 25.8 Å². The molecular weight excluding hydrogens is 1060 g/mol. The zero-order valence-corrected chi connectivity index (χ0v) is 40.8. The number of alkyl halides is 3. The second-order valence-electron chi connectivity index (χ2n) is 14.4. The molecule has 0 saturated carbocycles. The predicted molar refractivity (Wildman–Crippen MR) is 249 cm³/mol. The highest BCUT2D eigenvalue weighted by atomic mass is 32.1. The number of carboxylic acids is 6. The van der Waals surface area contributed by atoms with Crippen LogP contribution in [0, 0.1) is 0 Å². The van der Waals surface area contributed by atoms with Gasteiger partial charge in [-0.1, -0.05) is 0 Å². The summed E-state index contributed by atoms with van der Waals surface area (Å²) in [7, 11) is 0. The minimum absolute atomic E-state index is 0.235. The highest BCUT2D eigenvalue weighted by molar-refractivity contribution is 7.80. The van der Waals surface area contributed by atoms with Gasteiger partial charge in [-0.2, -0.15) is 63.7 Å². The van der Waals surface area contributed by atoms with Crippen LogP contribution in [-0.4, -0.2) is 198 Å². The minimum Gasteiger partial charge on any atom is -0.480 e. The van der Waals surface area contributed by atoms with Crippen molar-refractivity contribution in [1.29, 1.82) is 0 Å². The van der Waals surface area contributed by atoms with Gasteiger partial charge >= 0.3 is 42.0 Å². The van der Waals surface area contributed by atoms with Crippen molar-refractivity contribution >= 4 is 134 Å². The molecule has 0 radical (unpaired) electrons. The summed E-state index contributed by atoms with van der Waals surface area (Å²) in [5.41, 5.74) is 5.35. The molecule has 36 heteroatoms. The number of hydrogen-bond acceptors (Lipinski definition) is 19. The number of aliphatic carboxylic acids is 6. The topological polar surface area (TPSA) is 483 Å². The SMILES string of the molecule is N[C@@H](CCC(=O)N[C@@H](CS)C(=O)N[C@@H](CCC(=O)N[C@@H](CS)C(=O)N[C@@H](CCC(=O)N[C@@H](CS)C(=O)N[C@@H](CCC(=O)N[C@@H](CS)C(=O)NCC(=O)O)C(=O)O)C(=O)O)C(=O)O)C(=O)O.O=C(O)C(F)(F)F. The molecular formula is C36H54F3N9O20S4. The van der Waals surface area contributed by atoms with E-state index in [1.165, 1.54) is 0 Å². The van der Waals surface area contributed by atoms with Crippen LogP contribution < -0.4 is 48.3 Å². The maximum absolute atomic E-state index is 12.9. The second-order valence-corrected chi connectivity index (χ2v) is 15.9. The van der Waals surface area contributed by atoms with Gasteiger partial charge in [0.2, 0.25) is 47.3 Å². The Labute approximate surface area is 426 Å². The van der Waals surface area contributed by atoms with Crippen LogP contribution in [0.15, 0.2) is 0 Å². The second kappa shape index (κ2) is 35.0. The lowest BCUT2D eigenvalue weighted by atomic mass is 10.1. The Bertz CT molecular complexity index is 1980. The fraction of sp³-hybridized carbons (Fsp3) is 0.611. The Morgan fingerprint density at radius 2 is 0.653 bits per heavy atom. The van der Waals surface area contributed by atoms with Crippen LogP contribution >= 0.6 is 50.5 Å². The Kier molecular flexibility index (Phi) is 32.9. The van der Waals surface area contributed by atoms with E-state index in [2.05, 4.69) is 87.7 Å². The number of carbonyl (C=O) groups excluding carboxylic acids is 8. The average Bonchev–Trinajstić information content (AvgIpc) is 3.29. The first kappa shape index (κ1) is 67.8. The molecule has 72 heavy (non-hydrogen) atoms. The number of nitrogens with two attached hydrogens (primary N) is 1. The number of halogens is 3. The molecule has 0 saturated heterocycles. The van der Waals surface area contributed by atoms with Crippen LogP contribution in [0.5, 0.6) is 0 Å². The number of carbonyl (C=O) groups is 14. The van der Waals surface area contributed by atoms with Crippen LogP contribution in [0.4, 0.5) is 13.2 Å². The summed E-state index contributed by atoms with van der Waals surface area (Å²) in [6.45, 7) is -0.733. The maximum Gasteiger partial charge on any atom is 0.490 e. The van der Waals surface area contributed by atoms with E-state index in [1.54, 1.807) is 0 Å². The van der Waals surface area contributed by atoms with Gasteiger partial charge in [0.25, 0.3) is 0 Å². The zero-order chi connectivity index (χ0) is 56.1. The highest BCUT2D eigenvalue weighted by Gasteiger charge is 2.38. The minimum atomic E-state index is -5.08. The number of thiol groups is 4. The van der Waals surface area contributed by atoms with Crippen molar-refractivity contribution in [3.63, 3.8) is 0 Å². The standard InChI is InChI=1S/C34H53N9O18S4.C2HF3O2/c35-14(31(54)55)1-5-22(44)38-19(11-63)28(51)41-16(33(58)59)3-7-24(46)40-21(13-65)30(53)43-17(34(60)61)4-8-25(47)39-20(12-64)29(52)42-15(32(56)57)2-6-23(45)37-18(10-62)27(50)36-9-26(48)49;3-2(4,5)1(6)7/h14-21,62-65H,1-13,35H2,(H,36,50)(H,37,45)(H,38,44)(H,39,47)(H,40,46)(H,41,51)(H,42,52)(H,43,53)(H,48,49)(H,54,55)(H,56,57)(H,58,59)(H,60,61);(H,6,7)/t14-,15-,16-,17-,18-,19-,20-,21-;/m0./s1. The van der Waals surface area contributed by atoms with E-state index in [1.807, 2.05) is 5.32 Å². The van der Waals surface area contributed by atoms with Gasteiger partial charge in [-0.3, -0.25) is 47.9 Å². The molecule has 0 heterocycles. The van der Waals surface area contributed by atoms with E-state index in [9.17, 15) is 90.8 Å². The Hall–Kier alpha value is -6.27. The largest absolute Gasteiger partial charge is 0.490 e. The maximum atomic E-state index is 12.9. The molecule has 0 spiro atoms. The normalized spacial score (nSPS) is 14.1. The Morgan fingerprint density at radius 3 is 0.861 bits per heavy atom. The molecule has 8 atom stereocenters. The van der Waals surface area contributed by atoms with E-state index in [-0.39, 0.29) is 30.1 Å². The molecule has 8 amide bonds. The quantitative estimate of drug-likeness (QED) is 0.0273. The summed E-state index contributed by atoms with van der Waals surface area (Å²) in [5, 5.41) is 71.0. The molecule has 0 aliphatic heterocycles. The fourth-order valence-electron chi connectivity index (χ4n) is 4.95. The number of nitrogens with one attached hydrogen (secondary N) is 8. The van der Waals surface area contributed by atoms with E-state index in [0.29, 0.717) is 0 Å². The monoisotopic (exact) mass is 1120 g/mol. The van der Waals surface area contributed by atoms with Crippen LogP contribution in [0.25, 0.3) is 0 Å². The molecule has 16 N–H and O–H groups in total. The molecule has 0 rings (SSSR count). The summed E-state index contributed by atoms with van der Waals surface area (Å²) in [6.07, 6.45) is -9.06. The summed E-state index contributed by atoms with van der Waals surface area (Å²) in [6, 6.07) is -12.0. The lowest BCUT2D eigenvalue weighted by Gasteiger charge is -2.22. The molecule has 0 aromatic carbocycles. The number of carboxylic acid groups (broad SMARTS) is 6. The van der Waals surface area contributed by atoms with Crippen LogP contribution in [0.2, 0.25) is 0 Å². The summed E-state index contributed by atoms with van der Waals surface area (Å²) in [5.74, 6) is -19.0. The predicted octanol–water partition coefficient (Wildman–Crippen LogP) is -5.28. The highest BCUT2D eigenvalue weighted by Crippen LogP contribution is 2.13. The van der Waals surface area contributed by atoms with Gasteiger partial charge in [0.1, 0.15) is 54.9 Å². The first-order valence-electron chi connectivity index (χ1n) is 20.3. The van der Waals surface area contributed by atoms with Gasteiger partial charge in [-0.05, 0) is 25.7 Å². The first-order chi connectivity index (χ1) is 33.3. The molecule has 0 bridgehead atoms. The molecule has 0 aromatic rings. The van der Waals surface area contributed by atoms with Crippen LogP contribution in [0.3, 0.4) is 0 Å². The molecule has 0 unspecified atom stereocenters. The van der Waals surface area contributed by atoms with Gasteiger partial charge in [-0.25, -0.2) is 19.2 Å². The first-order valence-corrected chi connectivity index (χ1v) is 22.9. The Morgan fingerprint density at radius 1 is 0.403 bits per heavy atom. The summed E-state index contributed by atoms with van der Waals surface area (Å²) in [4.78, 5) is 167. The smallest absolute Gasteiger partial charge is 0.480 e. The van der Waals surface area contributed by atoms with Crippen molar-refractivity contribution in [2.24, 2.45) is 5.73 Å². The van der Waals surface area contributed by atoms with E-state index in [0.717, 1.165) is 0 Å². The molecule has 0 aromatic heterocycles. The lowest BCUT2D eigenvalue weighted by molar-refractivity contribution is -0.192. The zero-order valence-electron chi connectivity index (χ0n) is 37.2. The third-order valence-electron chi connectivity index (χ3n) is 8.82. The molecule has 0 aliphatic rings. The number of amides is 8. The van der Waals surface area contributed by atoms with Crippen molar-refractivity contribution in [2.45, 2.75) is 106 Å². The van der Waals surface area contributed by atoms with Crippen LogP contribution in [-0.2, 0) is 67.1 Å². The van der Waals surface area contributed by atoms with Crippen molar-refractivity contribution in [3.05, 3.63) is 0 Å². The van der Waals surface area contributed by atoms with Gasteiger partial charge in [-0.15, -0.1) is 0 Å². The lowest BCUT2D eigenvalue weighted by Crippen LogP contribution is -2.54. The average molecular weight is 1120 g/mol.